The van der Waals surface area contributed by atoms with Gasteiger partial charge in [-0.25, -0.2) is 4.21 Å². The highest BCUT2D eigenvalue weighted by molar-refractivity contribution is 7.85. The number of anilines is 2. The Kier molecular flexibility index (Phi) is 2.87. The number of phenols is 1. The summed E-state index contributed by atoms with van der Waals surface area (Å²) in [5.74, 6) is 0.171. The minimum atomic E-state index is -1.21. The maximum atomic E-state index is 12.5. The number of fused-ring (bicyclic) bond motifs is 2. The first-order valence-electron chi connectivity index (χ1n) is 5.94. The second-order valence-corrected chi connectivity index (χ2v) is 5.70. The summed E-state index contributed by atoms with van der Waals surface area (Å²) < 4.78 is 12.5. The Hall–Kier alpha value is -2.07. The highest BCUT2D eigenvalue weighted by Gasteiger charge is 2.27. The van der Waals surface area contributed by atoms with Crippen molar-refractivity contribution in [1.29, 1.82) is 0 Å². The molecule has 0 radical (unpaired) electrons. The molecule has 3 nitrogen and oxygen atoms in total. The van der Waals surface area contributed by atoms with Crippen LogP contribution in [-0.2, 0) is 10.8 Å². The number of benzene rings is 2. The molecule has 0 fully saturated rings. The molecule has 3 rings (SSSR count). The molecule has 0 bridgehead atoms. The van der Waals surface area contributed by atoms with Crippen molar-refractivity contribution in [2.75, 3.05) is 11.4 Å². The van der Waals surface area contributed by atoms with E-state index in [1.54, 1.807) is 24.3 Å². The predicted octanol–water partition coefficient (Wildman–Crippen LogP) is 3.20. The molecule has 0 spiro atoms. The second kappa shape index (κ2) is 4.55. The molecule has 1 atom stereocenters. The van der Waals surface area contributed by atoms with E-state index < -0.39 is 10.8 Å². The Labute approximate surface area is 114 Å². The monoisotopic (exact) mass is 271 g/mol. The second-order valence-electron chi connectivity index (χ2n) is 4.29. The molecule has 1 aliphatic rings. The summed E-state index contributed by atoms with van der Waals surface area (Å²) in [6, 6.07) is 12.5. The predicted molar refractivity (Wildman–Crippen MR) is 76.4 cm³/mol. The number of hydrogen-bond acceptors (Lipinski definition) is 3. The first-order valence-corrected chi connectivity index (χ1v) is 7.09. The zero-order valence-electron chi connectivity index (χ0n) is 10.2. The summed E-state index contributed by atoms with van der Waals surface area (Å²) in [5.41, 5.74) is 1.68. The molecule has 0 amide bonds. The van der Waals surface area contributed by atoms with E-state index in [-0.39, 0.29) is 5.75 Å². The number of para-hydroxylation sites is 1. The average Bonchev–Trinajstić information content (AvgIpc) is 2.43. The van der Waals surface area contributed by atoms with E-state index in [2.05, 4.69) is 6.58 Å². The highest BCUT2D eigenvalue weighted by Crippen LogP contribution is 2.42. The molecule has 2 aromatic rings. The van der Waals surface area contributed by atoms with Gasteiger partial charge in [-0.15, -0.1) is 6.58 Å². The summed E-state index contributed by atoms with van der Waals surface area (Å²) in [6.07, 6.45) is 1.79. The molecule has 96 valence electrons. The first-order chi connectivity index (χ1) is 9.22. The van der Waals surface area contributed by atoms with Crippen molar-refractivity contribution in [2.45, 2.75) is 9.79 Å². The van der Waals surface area contributed by atoms with E-state index in [1.807, 2.05) is 29.2 Å². The van der Waals surface area contributed by atoms with Crippen LogP contribution in [0.25, 0.3) is 0 Å². The van der Waals surface area contributed by atoms with Gasteiger partial charge < -0.3 is 10.0 Å². The Morgan fingerprint density at radius 3 is 2.68 bits per heavy atom. The molecule has 1 heterocycles. The van der Waals surface area contributed by atoms with Crippen molar-refractivity contribution in [1.82, 2.24) is 0 Å². The third-order valence-corrected chi connectivity index (χ3v) is 4.59. The lowest BCUT2D eigenvalue weighted by atomic mass is 10.2. The smallest absolute Gasteiger partial charge is 0.117 e. The van der Waals surface area contributed by atoms with Crippen molar-refractivity contribution < 1.29 is 9.32 Å². The maximum absolute atomic E-state index is 12.5. The molecule has 0 saturated heterocycles. The van der Waals surface area contributed by atoms with Crippen LogP contribution in [-0.4, -0.2) is 15.9 Å². The summed E-state index contributed by atoms with van der Waals surface area (Å²) in [4.78, 5) is 3.53. The van der Waals surface area contributed by atoms with Crippen LogP contribution < -0.4 is 4.90 Å². The van der Waals surface area contributed by atoms with E-state index in [1.165, 1.54) is 0 Å². The summed E-state index contributed by atoms with van der Waals surface area (Å²) in [5, 5.41) is 9.66. The number of nitrogens with zero attached hydrogens (tertiary/aromatic N) is 1. The van der Waals surface area contributed by atoms with Gasteiger partial charge in [-0.1, -0.05) is 18.2 Å². The summed E-state index contributed by atoms with van der Waals surface area (Å²) >= 11 is 0. The molecule has 1 aliphatic heterocycles. The van der Waals surface area contributed by atoms with Crippen LogP contribution in [0.4, 0.5) is 11.4 Å². The summed E-state index contributed by atoms with van der Waals surface area (Å²) in [7, 11) is -1.21. The molecule has 2 aromatic carbocycles. The molecule has 0 aliphatic carbocycles. The van der Waals surface area contributed by atoms with Crippen LogP contribution in [0, 0.1) is 0 Å². The van der Waals surface area contributed by atoms with Gasteiger partial charge in [-0.3, -0.25) is 0 Å². The molecule has 19 heavy (non-hydrogen) atoms. The Morgan fingerprint density at radius 2 is 1.89 bits per heavy atom. The molecule has 0 aromatic heterocycles. The lowest BCUT2D eigenvalue weighted by molar-refractivity contribution is 0.475. The van der Waals surface area contributed by atoms with Crippen molar-refractivity contribution >= 4 is 22.2 Å². The number of aromatic hydroxyl groups is 1. The first kappa shape index (κ1) is 12.0. The van der Waals surface area contributed by atoms with Gasteiger partial charge in [0.15, 0.2) is 0 Å². The number of rotatable bonds is 2. The normalized spacial score (nSPS) is 16.6. The Bertz CT molecular complexity index is 682. The van der Waals surface area contributed by atoms with E-state index in [4.69, 9.17) is 0 Å². The molecule has 1 N–H and O–H groups in total. The van der Waals surface area contributed by atoms with Gasteiger partial charge in [0.2, 0.25) is 0 Å². The SMILES string of the molecule is C=CCN1c2ccccc2S(=O)c2ccc(O)cc21. The molecule has 1 unspecified atom stereocenters. The lowest BCUT2D eigenvalue weighted by Crippen LogP contribution is -2.23. The van der Waals surface area contributed by atoms with Gasteiger partial charge in [0, 0.05) is 12.6 Å². The van der Waals surface area contributed by atoms with E-state index >= 15 is 0 Å². The number of phenolic OH excluding ortho intramolecular Hbond substituents is 1. The topological polar surface area (TPSA) is 40.5 Å². The minimum absolute atomic E-state index is 0.171. The van der Waals surface area contributed by atoms with Crippen LogP contribution in [0.1, 0.15) is 0 Å². The van der Waals surface area contributed by atoms with Crippen LogP contribution in [0.15, 0.2) is 64.9 Å². The highest BCUT2D eigenvalue weighted by atomic mass is 32.2. The fourth-order valence-electron chi connectivity index (χ4n) is 2.28. The molecule has 0 saturated carbocycles. The van der Waals surface area contributed by atoms with Crippen LogP contribution >= 0.6 is 0 Å². The van der Waals surface area contributed by atoms with Crippen LogP contribution in [0.2, 0.25) is 0 Å². The fourth-order valence-corrected chi connectivity index (χ4v) is 3.64. The lowest BCUT2D eigenvalue weighted by Gasteiger charge is -2.31. The van der Waals surface area contributed by atoms with Crippen molar-refractivity contribution in [3.63, 3.8) is 0 Å². The van der Waals surface area contributed by atoms with Gasteiger partial charge in [0.05, 0.1) is 32.0 Å². The van der Waals surface area contributed by atoms with Gasteiger partial charge in [-0.2, -0.15) is 0 Å². The average molecular weight is 271 g/mol. The van der Waals surface area contributed by atoms with E-state index in [9.17, 15) is 9.32 Å². The molecule has 4 heteroatoms. The maximum Gasteiger partial charge on any atom is 0.117 e. The largest absolute Gasteiger partial charge is 0.508 e. The van der Waals surface area contributed by atoms with Gasteiger partial charge in [0.25, 0.3) is 0 Å². The zero-order valence-corrected chi connectivity index (χ0v) is 11.1. The van der Waals surface area contributed by atoms with E-state index in [0.717, 1.165) is 21.2 Å². The van der Waals surface area contributed by atoms with Crippen molar-refractivity contribution in [3.05, 3.63) is 55.1 Å². The quantitative estimate of drug-likeness (QED) is 0.853. The minimum Gasteiger partial charge on any atom is -0.508 e. The Morgan fingerprint density at radius 1 is 1.16 bits per heavy atom. The number of hydrogen-bond donors (Lipinski definition) is 1. The van der Waals surface area contributed by atoms with Crippen molar-refractivity contribution in [3.8, 4) is 5.75 Å². The third kappa shape index (κ3) is 1.85. The third-order valence-electron chi connectivity index (χ3n) is 3.10. The van der Waals surface area contributed by atoms with E-state index in [0.29, 0.717) is 6.54 Å². The standard InChI is InChI=1S/C15H13NO2S/c1-2-9-16-12-5-3-4-6-14(12)19(18)15-8-7-11(17)10-13(15)16/h2-8,10,17H,1,9H2. The zero-order chi connectivity index (χ0) is 13.4. The van der Waals surface area contributed by atoms with Gasteiger partial charge in [0.1, 0.15) is 5.75 Å². The van der Waals surface area contributed by atoms with Gasteiger partial charge in [-0.05, 0) is 24.3 Å². The molecular formula is C15H13NO2S. The summed E-state index contributed by atoms with van der Waals surface area (Å²) in [6.45, 7) is 4.36. The van der Waals surface area contributed by atoms with Crippen LogP contribution in [0.3, 0.4) is 0 Å². The fraction of sp³-hybridized carbons (Fsp3) is 0.0667. The molecular weight excluding hydrogens is 258 g/mol. The van der Waals surface area contributed by atoms with Gasteiger partial charge >= 0.3 is 0 Å². The van der Waals surface area contributed by atoms with Crippen molar-refractivity contribution in [2.24, 2.45) is 0 Å². The Balaban J connectivity index is 2.27. The van der Waals surface area contributed by atoms with Crippen LogP contribution in [0.5, 0.6) is 5.75 Å².